The van der Waals surface area contributed by atoms with Crippen molar-refractivity contribution in [3.8, 4) is 5.69 Å². The fourth-order valence-corrected chi connectivity index (χ4v) is 4.74. The number of aryl methyl sites for hydroxylation is 1. The zero-order chi connectivity index (χ0) is 24.2. The molecule has 0 bridgehead atoms. The number of carbonyl (C=O) groups excluding carboxylic acids is 1. The number of aromatic nitrogens is 3. The van der Waals surface area contributed by atoms with Crippen LogP contribution in [0.2, 0.25) is 10.0 Å². The monoisotopic (exact) mass is 514 g/mol. The van der Waals surface area contributed by atoms with Gasteiger partial charge in [-0.25, -0.2) is 4.39 Å². The third-order valence-corrected chi connectivity index (χ3v) is 6.69. The van der Waals surface area contributed by atoms with Gasteiger partial charge < -0.3 is 5.32 Å². The number of rotatable bonds is 7. The molecule has 9 heteroatoms. The first-order valence-electron chi connectivity index (χ1n) is 10.5. The summed E-state index contributed by atoms with van der Waals surface area (Å²) in [5.41, 5.74) is 3.28. The molecule has 0 saturated heterocycles. The van der Waals surface area contributed by atoms with Crippen molar-refractivity contribution in [2.45, 2.75) is 30.8 Å². The predicted molar refractivity (Wildman–Crippen MR) is 134 cm³/mol. The third-order valence-electron chi connectivity index (χ3n) is 5.14. The minimum Gasteiger partial charge on any atom is -0.342 e. The van der Waals surface area contributed by atoms with E-state index in [1.807, 2.05) is 42.7 Å². The fourth-order valence-electron chi connectivity index (χ4n) is 3.33. The average Bonchev–Trinajstić information content (AvgIpc) is 3.23. The first-order chi connectivity index (χ1) is 16.3. The Kier molecular flexibility index (Phi) is 7.56. The number of hydrogen-bond donors (Lipinski definition) is 1. The standard InChI is InChI=1S/C25H21Cl2FN4OS/c1-15-3-10-20(11-4-15)32-23(16(2)29-24(33)21-12-7-18(26)13-22(21)27)30-31-25(32)34-14-17-5-8-19(28)9-6-17/h3-13,16H,14H2,1-2H3,(H,29,33). The second kappa shape index (κ2) is 10.6. The number of nitrogens with zero attached hydrogens (tertiary/aromatic N) is 3. The van der Waals surface area contributed by atoms with Crippen molar-refractivity contribution in [2.75, 3.05) is 0 Å². The Morgan fingerprint density at radius 3 is 2.44 bits per heavy atom. The van der Waals surface area contributed by atoms with Crippen molar-refractivity contribution in [1.29, 1.82) is 0 Å². The molecule has 0 aliphatic carbocycles. The molecule has 0 aliphatic rings. The van der Waals surface area contributed by atoms with E-state index < -0.39 is 6.04 Å². The molecule has 1 unspecified atom stereocenters. The van der Waals surface area contributed by atoms with Gasteiger partial charge in [0.1, 0.15) is 5.82 Å². The summed E-state index contributed by atoms with van der Waals surface area (Å²) in [5.74, 6) is 0.548. The van der Waals surface area contributed by atoms with Crippen molar-refractivity contribution >= 4 is 40.9 Å². The Morgan fingerprint density at radius 1 is 1.06 bits per heavy atom. The predicted octanol–water partition coefficient (Wildman–Crippen LogP) is 6.80. The molecular formula is C25H21Cl2FN4OS. The van der Waals surface area contributed by atoms with Gasteiger partial charge in [-0.15, -0.1) is 10.2 Å². The molecule has 1 atom stereocenters. The van der Waals surface area contributed by atoms with E-state index in [1.165, 1.54) is 30.0 Å². The number of halogens is 3. The van der Waals surface area contributed by atoms with Crippen molar-refractivity contribution in [3.63, 3.8) is 0 Å². The SMILES string of the molecule is Cc1ccc(-n2c(SCc3ccc(F)cc3)nnc2C(C)NC(=O)c2ccc(Cl)cc2Cl)cc1. The van der Waals surface area contributed by atoms with Crippen LogP contribution in [0.3, 0.4) is 0 Å². The molecule has 1 heterocycles. The van der Waals surface area contributed by atoms with Crippen LogP contribution >= 0.6 is 35.0 Å². The molecular weight excluding hydrogens is 494 g/mol. The smallest absolute Gasteiger partial charge is 0.253 e. The van der Waals surface area contributed by atoms with Gasteiger partial charge in [-0.1, -0.05) is 64.8 Å². The zero-order valence-corrected chi connectivity index (χ0v) is 20.8. The molecule has 5 nitrogen and oxygen atoms in total. The highest BCUT2D eigenvalue weighted by atomic mass is 35.5. The van der Waals surface area contributed by atoms with E-state index >= 15 is 0 Å². The Bertz CT molecular complexity index is 1310. The number of nitrogens with one attached hydrogen (secondary N) is 1. The van der Waals surface area contributed by atoms with E-state index in [0.717, 1.165) is 16.8 Å². The molecule has 1 amide bonds. The molecule has 0 radical (unpaired) electrons. The second-order valence-corrected chi connectivity index (χ2v) is 9.53. The zero-order valence-electron chi connectivity index (χ0n) is 18.4. The number of amides is 1. The van der Waals surface area contributed by atoms with Gasteiger partial charge in [0.2, 0.25) is 0 Å². The van der Waals surface area contributed by atoms with E-state index in [4.69, 9.17) is 23.2 Å². The van der Waals surface area contributed by atoms with E-state index in [9.17, 15) is 9.18 Å². The molecule has 174 valence electrons. The van der Waals surface area contributed by atoms with Crippen molar-refractivity contribution in [1.82, 2.24) is 20.1 Å². The van der Waals surface area contributed by atoms with Gasteiger partial charge >= 0.3 is 0 Å². The third kappa shape index (κ3) is 5.60. The Morgan fingerprint density at radius 2 is 1.76 bits per heavy atom. The molecule has 3 aromatic carbocycles. The Labute approximate surface area is 211 Å². The highest BCUT2D eigenvalue weighted by Gasteiger charge is 2.22. The maximum absolute atomic E-state index is 13.2. The molecule has 0 aliphatic heterocycles. The normalized spacial score (nSPS) is 11.9. The highest BCUT2D eigenvalue weighted by Crippen LogP contribution is 2.28. The van der Waals surface area contributed by atoms with Gasteiger partial charge in [-0.3, -0.25) is 9.36 Å². The minimum absolute atomic E-state index is 0.271. The maximum atomic E-state index is 13.2. The first-order valence-corrected chi connectivity index (χ1v) is 12.2. The summed E-state index contributed by atoms with van der Waals surface area (Å²) in [6, 6.07) is 18.6. The van der Waals surface area contributed by atoms with Crippen molar-refractivity contribution < 1.29 is 9.18 Å². The van der Waals surface area contributed by atoms with Crippen LogP contribution in [0.5, 0.6) is 0 Å². The van der Waals surface area contributed by atoms with Gasteiger partial charge in [0.05, 0.1) is 16.6 Å². The number of thioether (sulfide) groups is 1. The summed E-state index contributed by atoms with van der Waals surface area (Å²) in [7, 11) is 0. The van der Waals surface area contributed by atoms with Crippen molar-refractivity contribution in [3.05, 3.63) is 105 Å². The van der Waals surface area contributed by atoms with Gasteiger partial charge in [-0.2, -0.15) is 0 Å². The van der Waals surface area contributed by atoms with Gasteiger partial charge in [0.15, 0.2) is 11.0 Å². The van der Waals surface area contributed by atoms with E-state index in [1.54, 1.807) is 24.3 Å². The van der Waals surface area contributed by atoms with Gasteiger partial charge in [0.25, 0.3) is 5.91 Å². The molecule has 0 spiro atoms. The van der Waals surface area contributed by atoms with Gasteiger partial charge in [0, 0.05) is 16.5 Å². The Balaban J connectivity index is 1.62. The molecule has 34 heavy (non-hydrogen) atoms. The lowest BCUT2D eigenvalue weighted by molar-refractivity contribution is 0.0938. The van der Waals surface area contributed by atoms with Crippen LogP contribution in [0.15, 0.2) is 71.9 Å². The minimum atomic E-state index is -0.465. The Hall–Kier alpha value is -2.87. The average molecular weight is 515 g/mol. The van der Waals surface area contributed by atoms with E-state index in [0.29, 0.717) is 27.3 Å². The summed E-state index contributed by atoms with van der Waals surface area (Å²) >= 11 is 13.6. The summed E-state index contributed by atoms with van der Waals surface area (Å²) < 4.78 is 15.2. The number of carbonyl (C=O) groups is 1. The number of benzene rings is 3. The van der Waals surface area contributed by atoms with Crippen molar-refractivity contribution in [2.24, 2.45) is 0 Å². The second-order valence-electron chi connectivity index (χ2n) is 7.75. The topological polar surface area (TPSA) is 59.8 Å². The fraction of sp³-hybridized carbons (Fsp3) is 0.160. The maximum Gasteiger partial charge on any atom is 0.253 e. The van der Waals surface area contributed by atoms with E-state index in [-0.39, 0.29) is 16.7 Å². The lowest BCUT2D eigenvalue weighted by atomic mass is 10.2. The lowest BCUT2D eigenvalue weighted by Gasteiger charge is -2.17. The molecule has 4 aromatic rings. The van der Waals surface area contributed by atoms with Crippen LogP contribution in [0, 0.1) is 12.7 Å². The van der Waals surface area contributed by atoms with Crippen LogP contribution in [0.4, 0.5) is 4.39 Å². The largest absolute Gasteiger partial charge is 0.342 e. The van der Waals surface area contributed by atoms with Crippen LogP contribution in [-0.4, -0.2) is 20.7 Å². The molecule has 0 saturated carbocycles. The summed E-state index contributed by atoms with van der Waals surface area (Å²) in [6.07, 6.45) is 0. The first kappa shape index (κ1) is 24.3. The van der Waals surface area contributed by atoms with Gasteiger partial charge in [-0.05, 0) is 61.9 Å². The summed E-state index contributed by atoms with van der Waals surface area (Å²) in [6.45, 7) is 3.85. The molecule has 1 aromatic heterocycles. The molecule has 1 N–H and O–H groups in total. The van der Waals surface area contributed by atoms with Crippen LogP contribution in [0.25, 0.3) is 5.69 Å². The van der Waals surface area contributed by atoms with Crippen LogP contribution in [0.1, 0.15) is 40.3 Å². The number of hydrogen-bond acceptors (Lipinski definition) is 4. The van der Waals surface area contributed by atoms with E-state index in [2.05, 4.69) is 15.5 Å². The summed E-state index contributed by atoms with van der Waals surface area (Å²) in [5, 5.41) is 13.1. The highest BCUT2D eigenvalue weighted by molar-refractivity contribution is 7.98. The lowest BCUT2D eigenvalue weighted by Crippen LogP contribution is -2.28. The molecule has 4 rings (SSSR count). The van der Waals surface area contributed by atoms with Crippen LogP contribution in [-0.2, 0) is 5.75 Å². The molecule has 0 fully saturated rings. The van der Waals surface area contributed by atoms with Crippen LogP contribution < -0.4 is 5.32 Å². The quantitative estimate of drug-likeness (QED) is 0.275. The summed E-state index contributed by atoms with van der Waals surface area (Å²) in [4.78, 5) is 12.9.